The van der Waals surface area contributed by atoms with Crippen molar-refractivity contribution in [2.75, 3.05) is 11.9 Å². The summed E-state index contributed by atoms with van der Waals surface area (Å²) in [6, 6.07) is 14.6. The van der Waals surface area contributed by atoms with Gasteiger partial charge in [0.15, 0.2) is 27.7 Å². The van der Waals surface area contributed by atoms with Gasteiger partial charge in [0.05, 0.1) is 6.10 Å². The van der Waals surface area contributed by atoms with Gasteiger partial charge in [-0.25, -0.2) is 14.6 Å². The largest absolute Gasteiger partial charge is 0.390 e. The molecule has 2 aromatic heterocycles. The summed E-state index contributed by atoms with van der Waals surface area (Å²) < 4.78 is 1.39. The van der Waals surface area contributed by atoms with Crippen LogP contribution in [0.25, 0.3) is 21.9 Å². The van der Waals surface area contributed by atoms with Crippen LogP contribution in [0.2, 0.25) is 0 Å². The summed E-state index contributed by atoms with van der Waals surface area (Å²) in [5.41, 5.74) is -0.738. The SMILES string of the molecule is CCNC(=O)C1(n2nnc3c(NC4CC4)nc(Sc4ccc5ccccc5c4)nc32)CC[C@@H](O)[C@H]1O. The van der Waals surface area contributed by atoms with E-state index in [1.54, 1.807) is 6.92 Å². The molecule has 0 aliphatic heterocycles. The van der Waals surface area contributed by atoms with Gasteiger partial charge >= 0.3 is 0 Å². The van der Waals surface area contributed by atoms with Crippen LogP contribution in [0.4, 0.5) is 5.82 Å². The summed E-state index contributed by atoms with van der Waals surface area (Å²) in [5.74, 6) is 0.135. The Bertz CT molecular complexity index is 1460. The molecule has 4 N–H and O–H groups in total. The second-order valence-corrected chi connectivity index (χ2v) is 10.4. The van der Waals surface area contributed by atoms with Crippen LogP contribution in [-0.2, 0) is 10.3 Å². The highest BCUT2D eigenvalue weighted by Crippen LogP contribution is 2.40. The van der Waals surface area contributed by atoms with Gasteiger partial charge < -0.3 is 20.8 Å². The molecule has 11 heteroatoms. The number of hydrogen-bond donors (Lipinski definition) is 4. The van der Waals surface area contributed by atoms with Gasteiger partial charge in [-0.2, -0.15) is 0 Å². The average molecular weight is 506 g/mol. The molecule has 1 amide bonds. The van der Waals surface area contributed by atoms with Crippen LogP contribution in [0.3, 0.4) is 0 Å². The van der Waals surface area contributed by atoms with Gasteiger partial charge in [0.25, 0.3) is 5.91 Å². The molecule has 0 radical (unpaired) electrons. The lowest BCUT2D eigenvalue weighted by atomic mass is 9.93. The fourth-order valence-corrected chi connectivity index (χ4v) is 5.65. The van der Waals surface area contributed by atoms with E-state index in [1.807, 2.05) is 18.2 Å². The summed E-state index contributed by atoms with van der Waals surface area (Å²) in [6.45, 7) is 2.18. The van der Waals surface area contributed by atoms with E-state index in [0.29, 0.717) is 34.7 Å². The van der Waals surface area contributed by atoms with E-state index in [0.717, 1.165) is 28.5 Å². The zero-order valence-corrected chi connectivity index (χ0v) is 20.6. The Morgan fingerprint density at radius 1 is 1.14 bits per heavy atom. The molecule has 2 saturated carbocycles. The van der Waals surface area contributed by atoms with Gasteiger partial charge in [-0.05, 0) is 67.3 Å². The Labute approximate surface area is 211 Å². The maximum Gasteiger partial charge on any atom is 0.250 e. The number of hydrogen-bond acceptors (Lipinski definition) is 9. The molecule has 186 valence electrons. The number of aliphatic hydroxyl groups excluding tert-OH is 2. The van der Waals surface area contributed by atoms with Crippen molar-refractivity contribution >= 4 is 45.4 Å². The van der Waals surface area contributed by atoms with Crippen molar-refractivity contribution in [1.29, 1.82) is 0 Å². The topological polar surface area (TPSA) is 138 Å². The van der Waals surface area contributed by atoms with Crippen molar-refractivity contribution in [3.8, 4) is 0 Å². The number of benzene rings is 2. The van der Waals surface area contributed by atoms with Crippen molar-refractivity contribution in [3.05, 3.63) is 42.5 Å². The Morgan fingerprint density at radius 2 is 1.94 bits per heavy atom. The molecule has 2 aromatic carbocycles. The van der Waals surface area contributed by atoms with Crippen LogP contribution in [0, 0.1) is 0 Å². The van der Waals surface area contributed by atoms with Gasteiger partial charge in [-0.1, -0.05) is 35.5 Å². The monoisotopic (exact) mass is 505 g/mol. The van der Waals surface area contributed by atoms with E-state index >= 15 is 0 Å². The number of aromatic nitrogens is 5. The Hall–Kier alpha value is -3.28. The van der Waals surface area contributed by atoms with Crippen LogP contribution < -0.4 is 10.6 Å². The minimum atomic E-state index is -1.51. The van der Waals surface area contributed by atoms with Gasteiger partial charge in [0.2, 0.25) is 0 Å². The molecule has 1 unspecified atom stereocenters. The number of fused-ring (bicyclic) bond motifs is 2. The third kappa shape index (κ3) is 3.87. The van der Waals surface area contributed by atoms with Crippen molar-refractivity contribution < 1.29 is 15.0 Å². The number of likely N-dealkylation sites (N-methyl/N-ethyl adjacent to an activating group) is 1. The van der Waals surface area contributed by atoms with Crippen LogP contribution >= 0.6 is 11.8 Å². The van der Waals surface area contributed by atoms with Gasteiger partial charge in [-0.15, -0.1) is 5.10 Å². The zero-order chi connectivity index (χ0) is 24.9. The summed E-state index contributed by atoms with van der Waals surface area (Å²) in [4.78, 5) is 23.8. The first kappa shape index (κ1) is 23.1. The first-order valence-electron chi connectivity index (χ1n) is 12.2. The fraction of sp³-hybridized carbons (Fsp3) is 0.400. The molecule has 0 saturated heterocycles. The van der Waals surface area contributed by atoms with Crippen molar-refractivity contribution in [2.24, 2.45) is 0 Å². The lowest BCUT2D eigenvalue weighted by Crippen LogP contribution is -2.56. The third-order valence-electron chi connectivity index (χ3n) is 6.91. The molecule has 4 aromatic rings. The molecule has 2 heterocycles. The molecule has 3 atom stereocenters. The van der Waals surface area contributed by atoms with Crippen LogP contribution in [0.5, 0.6) is 0 Å². The third-order valence-corrected chi connectivity index (χ3v) is 7.77. The summed E-state index contributed by atoms with van der Waals surface area (Å²) in [6.07, 6.45) is 0.157. The molecule has 2 fully saturated rings. The normalized spacial score (nSPS) is 23.9. The maximum atomic E-state index is 13.3. The highest BCUT2D eigenvalue weighted by molar-refractivity contribution is 7.99. The fourth-order valence-electron chi connectivity index (χ4n) is 4.85. The van der Waals surface area contributed by atoms with Crippen LogP contribution in [-0.4, -0.2) is 65.9 Å². The van der Waals surface area contributed by atoms with Crippen LogP contribution in [0.1, 0.15) is 32.6 Å². The Kier molecular flexibility index (Phi) is 5.78. The summed E-state index contributed by atoms with van der Waals surface area (Å²) in [7, 11) is 0. The second-order valence-electron chi connectivity index (χ2n) is 9.39. The summed E-state index contributed by atoms with van der Waals surface area (Å²) in [5, 5.41) is 39.0. The first-order valence-corrected chi connectivity index (χ1v) is 13.0. The van der Waals surface area contributed by atoms with Gasteiger partial charge in [0.1, 0.15) is 6.10 Å². The number of amides is 1. The van der Waals surface area contributed by atoms with E-state index in [9.17, 15) is 15.0 Å². The first-order chi connectivity index (χ1) is 17.5. The molecule has 10 nitrogen and oxygen atoms in total. The van der Waals surface area contributed by atoms with Crippen LogP contribution in [0.15, 0.2) is 52.5 Å². The predicted octanol–water partition coefficient (Wildman–Crippen LogP) is 2.45. The minimum absolute atomic E-state index is 0.210. The average Bonchev–Trinajstić information content (AvgIpc) is 3.51. The highest BCUT2D eigenvalue weighted by Gasteiger charge is 2.56. The standard InChI is InChI=1S/C25H27N7O3S/c1-2-26-23(35)25(12-11-18(33)20(25)34)32-22-19(30-31-32)21(27-16-8-9-16)28-24(29-22)36-17-10-7-14-5-3-4-6-15(14)13-17/h3-7,10,13,16,18,20,33-34H,2,8-9,11-12H2,1H3,(H,26,35)(H,27,28,29)/t18-,20-,25?/m1/s1. The molecule has 36 heavy (non-hydrogen) atoms. The van der Waals surface area contributed by atoms with E-state index in [1.165, 1.54) is 16.4 Å². The molecule has 6 rings (SSSR count). The quantitative estimate of drug-likeness (QED) is 0.279. The number of carbonyl (C=O) groups is 1. The maximum absolute atomic E-state index is 13.3. The highest BCUT2D eigenvalue weighted by atomic mass is 32.2. The van der Waals surface area contributed by atoms with Crippen molar-refractivity contribution in [1.82, 2.24) is 30.3 Å². The lowest BCUT2D eigenvalue weighted by molar-refractivity contribution is -0.137. The van der Waals surface area contributed by atoms with Crippen molar-refractivity contribution in [3.63, 3.8) is 0 Å². The number of aliphatic hydroxyl groups is 2. The van der Waals surface area contributed by atoms with E-state index in [2.05, 4.69) is 45.2 Å². The second kappa shape index (κ2) is 8.99. The lowest BCUT2D eigenvalue weighted by Gasteiger charge is -2.31. The van der Waals surface area contributed by atoms with Gasteiger partial charge in [0, 0.05) is 17.5 Å². The van der Waals surface area contributed by atoms with E-state index in [-0.39, 0.29) is 12.8 Å². The number of nitrogens with zero attached hydrogens (tertiary/aromatic N) is 5. The predicted molar refractivity (Wildman–Crippen MR) is 136 cm³/mol. The molecule has 2 aliphatic rings. The minimum Gasteiger partial charge on any atom is -0.390 e. The van der Waals surface area contributed by atoms with Gasteiger partial charge in [-0.3, -0.25) is 4.79 Å². The molecule has 2 aliphatic carbocycles. The number of anilines is 1. The van der Waals surface area contributed by atoms with E-state index in [4.69, 9.17) is 9.97 Å². The molecule has 0 spiro atoms. The Morgan fingerprint density at radius 3 is 2.67 bits per heavy atom. The van der Waals surface area contributed by atoms with E-state index < -0.39 is 23.7 Å². The number of rotatable bonds is 7. The number of carbonyl (C=O) groups excluding carboxylic acids is 1. The molecular weight excluding hydrogens is 478 g/mol. The smallest absolute Gasteiger partial charge is 0.250 e. The summed E-state index contributed by atoms with van der Waals surface area (Å²) >= 11 is 1.41. The molecule has 0 bridgehead atoms. The zero-order valence-electron chi connectivity index (χ0n) is 19.8. The van der Waals surface area contributed by atoms with Crippen molar-refractivity contribution in [2.45, 2.75) is 66.4 Å². The Balaban J connectivity index is 1.47. The molecular formula is C25H27N7O3S. The number of nitrogens with one attached hydrogen (secondary N) is 2.